The molecule has 0 spiro atoms. The van der Waals surface area contributed by atoms with Gasteiger partial charge in [-0.2, -0.15) is 4.39 Å². The molecule has 0 radical (unpaired) electrons. The molecule has 1 unspecified atom stereocenters. The van der Waals surface area contributed by atoms with Crippen molar-refractivity contribution < 1.29 is 18.7 Å². The summed E-state index contributed by atoms with van der Waals surface area (Å²) >= 11 is 0. The summed E-state index contributed by atoms with van der Waals surface area (Å²) in [7, 11) is 0. The third-order valence-corrected chi connectivity index (χ3v) is 1.93. The Hall–Kier alpha value is -1.58. The lowest BCUT2D eigenvalue weighted by Gasteiger charge is -2.10. The van der Waals surface area contributed by atoms with E-state index < -0.39 is 6.04 Å². The van der Waals surface area contributed by atoms with Gasteiger partial charge in [-0.3, -0.25) is 4.79 Å². The van der Waals surface area contributed by atoms with Crippen LogP contribution in [-0.4, -0.2) is 11.8 Å². The standard InChI is InChI=1S/C10H9FO3/c1-6(12)7-3-4-8-9(5-7)14-10(2,11)13-8/h3-5H,1-2H3. The third-order valence-electron chi connectivity index (χ3n) is 1.93. The number of hydrogen-bond acceptors (Lipinski definition) is 3. The molecule has 0 saturated heterocycles. The number of benzene rings is 1. The van der Waals surface area contributed by atoms with E-state index in [9.17, 15) is 9.18 Å². The summed E-state index contributed by atoms with van der Waals surface area (Å²) in [5.74, 6) is 0.492. The molecule has 0 amide bonds. The molecule has 14 heavy (non-hydrogen) atoms. The van der Waals surface area contributed by atoms with Gasteiger partial charge in [-0.05, 0) is 25.1 Å². The summed E-state index contributed by atoms with van der Waals surface area (Å²) in [6.07, 6.45) is 0. The Morgan fingerprint density at radius 2 is 2.00 bits per heavy atom. The second-order valence-corrected chi connectivity index (χ2v) is 3.26. The number of rotatable bonds is 1. The molecule has 0 saturated carbocycles. The molecular weight excluding hydrogens is 187 g/mol. The van der Waals surface area contributed by atoms with Crippen molar-refractivity contribution in [2.24, 2.45) is 0 Å². The second-order valence-electron chi connectivity index (χ2n) is 3.26. The fraction of sp³-hybridized carbons (Fsp3) is 0.300. The fourth-order valence-corrected chi connectivity index (χ4v) is 1.30. The van der Waals surface area contributed by atoms with E-state index in [0.29, 0.717) is 11.3 Å². The Bertz CT molecular complexity index is 398. The number of alkyl halides is 1. The summed E-state index contributed by atoms with van der Waals surface area (Å²) in [5.41, 5.74) is 0.477. The van der Waals surface area contributed by atoms with E-state index in [1.807, 2.05) is 0 Å². The number of hydrogen-bond donors (Lipinski definition) is 0. The molecule has 2 rings (SSSR count). The molecule has 4 heteroatoms. The molecule has 1 heterocycles. The lowest BCUT2D eigenvalue weighted by molar-refractivity contribution is -0.173. The first-order valence-electron chi connectivity index (χ1n) is 4.20. The van der Waals surface area contributed by atoms with Gasteiger partial charge in [0.15, 0.2) is 17.3 Å². The van der Waals surface area contributed by atoms with E-state index in [1.165, 1.54) is 26.0 Å². The first-order valence-corrected chi connectivity index (χ1v) is 4.20. The van der Waals surface area contributed by atoms with E-state index in [2.05, 4.69) is 0 Å². The molecule has 1 aromatic rings. The third kappa shape index (κ3) is 1.43. The smallest absolute Gasteiger partial charge is 0.404 e. The number of Topliss-reactive ketones (excluding diaryl/α,β-unsaturated/α-hetero) is 1. The zero-order valence-corrected chi connectivity index (χ0v) is 7.83. The van der Waals surface area contributed by atoms with Crippen molar-refractivity contribution in [3.63, 3.8) is 0 Å². The zero-order chi connectivity index (χ0) is 10.3. The highest BCUT2D eigenvalue weighted by atomic mass is 19.2. The maximum atomic E-state index is 13.2. The molecule has 0 aliphatic carbocycles. The molecule has 0 bridgehead atoms. The first kappa shape index (κ1) is 8.99. The van der Waals surface area contributed by atoms with Crippen molar-refractivity contribution in [2.75, 3.05) is 0 Å². The van der Waals surface area contributed by atoms with Gasteiger partial charge < -0.3 is 9.47 Å². The van der Waals surface area contributed by atoms with Crippen molar-refractivity contribution in [3.8, 4) is 11.5 Å². The Labute approximate surface area is 80.4 Å². The van der Waals surface area contributed by atoms with Crippen molar-refractivity contribution in [1.82, 2.24) is 0 Å². The first-order chi connectivity index (χ1) is 6.48. The molecule has 3 nitrogen and oxygen atoms in total. The molecule has 0 aromatic heterocycles. The topological polar surface area (TPSA) is 35.5 Å². The van der Waals surface area contributed by atoms with Gasteiger partial charge in [-0.15, -0.1) is 0 Å². The molecule has 1 aliphatic heterocycles. The van der Waals surface area contributed by atoms with Crippen LogP contribution in [0.3, 0.4) is 0 Å². The van der Waals surface area contributed by atoms with Gasteiger partial charge in [-0.1, -0.05) is 0 Å². The number of carbonyl (C=O) groups is 1. The van der Waals surface area contributed by atoms with Crippen LogP contribution in [0.25, 0.3) is 0 Å². The largest absolute Gasteiger partial charge is 0.423 e. The normalized spacial score (nSPS) is 23.6. The SMILES string of the molecule is CC(=O)c1ccc2c(c1)OC(C)(F)O2. The van der Waals surface area contributed by atoms with Crippen LogP contribution < -0.4 is 9.47 Å². The molecule has 1 aromatic carbocycles. The van der Waals surface area contributed by atoms with Crippen LogP contribution in [0.4, 0.5) is 4.39 Å². The Morgan fingerprint density at radius 3 is 2.64 bits per heavy atom. The minimum Gasteiger partial charge on any atom is -0.423 e. The number of fused-ring (bicyclic) bond motifs is 1. The highest BCUT2D eigenvalue weighted by Crippen LogP contribution is 2.40. The Morgan fingerprint density at radius 1 is 1.36 bits per heavy atom. The summed E-state index contributed by atoms with van der Waals surface area (Å²) in [6.45, 7) is 2.60. The van der Waals surface area contributed by atoms with E-state index in [-0.39, 0.29) is 11.5 Å². The molecule has 1 atom stereocenters. The van der Waals surface area contributed by atoms with Gasteiger partial charge in [0.05, 0.1) is 0 Å². The fourth-order valence-electron chi connectivity index (χ4n) is 1.30. The lowest BCUT2D eigenvalue weighted by atomic mass is 10.1. The average molecular weight is 196 g/mol. The highest BCUT2D eigenvalue weighted by molar-refractivity contribution is 5.94. The van der Waals surface area contributed by atoms with Crippen molar-refractivity contribution in [1.29, 1.82) is 0 Å². The van der Waals surface area contributed by atoms with Gasteiger partial charge in [0.25, 0.3) is 0 Å². The van der Waals surface area contributed by atoms with Gasteiger partial charge in [0, 0.05) is 12.5 Å². The van der Waals surface area contributed by atoms with Gasteiger partial charge in [-0.25, -0.2) is 0 Å². The van der Waals surface area contributed by atoms with Crippen molar-refractivity contribution in [2.45, 2.75) is 19.9 Å². The number of carbonyl (C=O) groups excluding carboxylic acids is 1. The molecular formula is C10H9FO3. The van der Waals surface area contributed by atoms with Gasteiger partial charge in [0.1, 0.15) is 0 Å². The van der Waals surface area contributed by atoms with Gasteiger partial charge in [0.2, 0.25) is 0 Å². The molecule has 0 N–H and O–H groups in total. The summed E-state index contributed by atoms with van der Waals surface area (Å²) in [4.78, 5) is 11.0. The van der Waals surface area contributed by atoms with Crippen LogP contribution >= 0.6 is 0 Å². The average Bonchev–Trinajstić information content (AvgIpc) is 2.36. The van der Waals surface area contributed by atoms with Crippen LogP contribution in [0.15, 0.2) is 18.2 Å². The van der Waals surface area contributed by atoms with Crippen LogP contribution in [0.2, 0.25) is 0 Å². The molecule has 1 aliphatic rings. The lowest BCUT2D eigenvalue weighted by Crippen LogP contribution is -2.27. The minimum absolute atomic E-state index is 0.0936. The van der Waals surface area contributed by atoms with Crippen molar-refractivity contribution >= 4 is 5.78 Å². The van der Waals surface area contributed by atoms with Crippen LogP contribution in [0.5, 0.6) is 11.5 Å². The quantitative estimate of drug-likeness (QED) is 0.646. The summed E-state index contributed by atoms with van der Waals surface area (Å²) in [5, 5.41) is 0. The van der Waals surface area contributed by atoms with Crippen LogP contribution in [0, 0.1) is 0 Å². The zero-order valence-electron chi connectivity index (χ0n) is 7.83. The predicted octanol–water partition coefficient (Wildman–Crippen LogP) is 2.30. The maximum Gasteiger partial charge on any atom is 0.404 e. The molecule has 0 fully saturated rings. The van der Waals surface area contributed by atoms with Crippen LogP contribution in [-0.2, 0) is 0 Å². The molecule has 74 valence electrons. The minimum atomic E-state index is -2.13. The Balaban J connectivity index is 2.40. The number of halogens is 1. The van der Waals surface area contributed by atoms with E-state index in [0.717, 1.165) is 0 Å². The second kappa shape index (κ2) is 2.70. The Kier molecular flexibility index (Phi) is 1.74. The van der Waals surface area contributed by atoms with Gasteiger partial charge >= 0.3 is 6.04 Å². The van der Waals surface area contributed by atoms with E-state index >= 15 is 0 Å². The number of ether oxygens (including phenoxy) is 2. The number of ketones is 1. The predicted molar refractivity (Wildman–Crippen MR) is 47.2 cm³/mol. The van der Waals surface area contributed by atoms with E-state index in [1.54, 1.807) is 6.07 Å². The highest BCUT2D eigenvalue weighted by Gasteiger charge is 2.36. The van der Waals surface area contributed by atoms with Crippen molar-refractivity contribution in [3.05, 3.63) is 23.8 Å². The maximum absolute atomic E-state index is 13.2. The van der Waals surface area contributed by atoms with Crippen LogP contribution in [0.1, 0.15) is 24.2 Å². The summed E-state index contributed by atoms with van der Waals surface area (Å²) in [6, 6.07) is 2.45. The summed E-state index contributed by atoms with van der Waals surface area (Å²) < 4.78 is 22.9. The monoisotopic (exact) mass is 196 g/mol. The van der Waals surface area contributed by atoms with E-state index in [4.69, 9.17) is 9.47 Å².